The molecular weight excluding hydrogens is 536 g/mol. The van der Waals surface area contributed by atoms with Gasteiger partial charge in [-0.1, -0.05) is 26.0 Å². The molecule has 2 atom stereocenters. The third kappa shape index (κ3) is 6.64. The number of hydrogen-bond donors (Lipinski definition) is 1. The summed E-state index contributed by atoms with van der Waals surface area (Å²) in [5, 5.41) is 9.78. The van der Waals surface area contributed by atoms with Gasteiger partial charge in [-0.15, -0.1) is 0 Å². The summed E-state index contributed by atoms with van der Waals surface area (Å²) in [5.74, 6) is 1.03. The van der Waals surface area contributed by atoms with Gasteiger partial charge in [-0.25, -0.2) is 13.2 Å². The number of benzene rings is 2. The molecule has 0 bridgehead atoms. The average molecular weight is 577 g/mol. The maximum absolute atomic E-state index is 14.0. The number of carbonyl (C=O) groups excluding carboxylic acids is 1. The summed E-state index contributed by atoms with van der Waals surface area (Å²) < 4.78 is 52.3. The predicted octanol–water partition coefficient (Wildman–Crippen LogP) is 4.75. The quantitative estimate of drug-likeness (QED) is 0.479. The van der Waals surface area contributed by atoms with Crippen LogP contribution in [0.15, 0.2) is 47.4 Å². The van der Waals surface area contributed by atoms with Gasteiger partial charge in [0.05, 0.1) is 17.0 Å². The lowest BCUT2D eigenvalue weighted by Crippen LogP contribution is -2.52. The predicted molar refractivity (Wildman–Crippen MR) is 149 cm³/mol. The fraction of sp³-hybridized carbons (Fsp3) is 0.552. The number of rotatable bonds is 8. The average Bonchev–Trinajstić information content (AvgIpc) is 3.39. The van der Waals surface area contributed by atoms with Crippen molar-refractivity contribution in [2.45, 2.75) is 83.3 Å². The van der Waals surface area contributed by atoms with Crippen molar-refractivity contribution in [3.63, 3.8) is 0 Å². The Labute approximate surface area is 236 Å². The van der Waals surface area contributed by atoms with Crippen LogP contribution in [-0.4, -0.2) is 72.2 Å². The molecule has 2 aliphatic rings. The van der Waals surface area contributed by atoms with Gasteiger partial charge < -0.3 is 24.1 Å². The summed E-state index contributed by atoms with van der Waals surface area (Å²) >= 11 is 0. The molecule has 1 amide bonds. The zero-order valence-electron chi connectivity index (χ0n) is 24.2. The van der Waals surface area contributed by atoms with Gasteiger partial charge in [0.2, 0.25) is 16.8 Å². The first-order chi connectivity index (χ1) is 18.6. The van der Waals surface area contributed by atoms with E-state index in [1.807, 2.05) is 13.8 Å². The molecule has 2 aromatic carbocycles. The SMILES string of the molecule is CC(C)CN(CC1OC(C)(C)N(C(=O)OC(C)(C)C)C1Cc1ccc(O)cc1)S(=O)(=O)c1ccc2c(c1)OCO2. The first-order valence-corrected chi connectivity index (χ1v) is 14.9. The molecule has 1 fully saturated rings. The molecule has 0 spiro atoms. The first-order valence-electron chi connectivity index (χ1n) is 13.4. The Kier molecular flexibility index (Phi) is 8.31. The Bertz CT molecular complexity index is 1320. The van der Waals surface area contributed by atoms with E-state index in [9.17, 15) is 18.3 Å². The van der Waals surface area contributed by atoms with Crippen LogP contribution in [0.1, 0.15) is 54.0 Å². The second-order valence-electron chi connectivity index (χ2n) is 12.1. The molecule has 220 valence electrons. The smallest absolute Gasteiger partial charge is 0.412 e. The van der Waals surface area contributed by atoms with E-state index in [1.165, 1.54) is 16.4 Å². The molecule has 2 unspecified atom stereocenters. The van der Waals surface area contributed by atoms with Crippen LogP contribution >= 0.6 is 0 Å². The standard InChI is InChI=1S/C29H40N2O8S/c1-19(2)16-30(40(34,35)22-12-13-24-25(15-22)37-18-36-24)17-26-23(14-20-8-10-21(32)11-9-20)31(29(6,7)38-26)27(33)39-28(3,4)5/h8-13,15,19,23,26,32H,14,16-18H2,1-7H3. The highest BCUT2D eigenvalue weighted by atomic mass is 32.2. The van der Waals surface area contributed by atoms with Gasteiger partial charge in [0.25, 0.3) is 0 Å². The maximum atomic E-state index is 14.0. The fourth-order valence-corrected chi connectivity index (χ4v) is 6.69. The van der Waals surface area contributed by atoms with E-state index in [0.717, 1.165) is 5.56 Å². The minimum Gasteiger partial charge on any atom is -0.508 e. The van der Waals surface area contributed by atoms with Crippen molar-refractivity contribution in [3.05, 3.63) is 48.0 Å². The number of fused-ring (bicyclic) bond motifs is 1. The zero-order valence-corrected chi connectivity index (χ0v) is 25.0. The minimum absolute atomic E-state index is 0.0143. The number of carbonyl (C=O) groups is 1. The lowest BCUT2D eigenvalue weighted by atomic mass is 9.99. The van der Waals surface area contributed by atoms with Crippen molar-refractivity contribution in [2.24, 2.45) is 5.92 Å². The first kappa shape index (κ1) is 30.0. The number of nitrogens with zero attached hydrogens (tertiary/aromatic N) is 2. The van der Waals surface area contributed by atoms with E-state index >= 15 is 0 Å². The van der Waals surface area contributed by atoms with Crippen LogP contribution in [0.25, 0.3) is 0 Å². The number of phenols is 1. The van der Waals surface area contributed by atoms with Gasteiger partial charge in [-0.2, -0.15) is 4.31 Å². The third-order valence-electron chi connectivity index (χ3n) is 6.69. The minimum atomic E-state index is -3.96. The van der Waals surface area contributed by atoms with Crippen LogP contribution in [0.2, 0.25) is 0 Å². The second kappa shape index (κ2) is 11.1. The van der Waals surface area contributed by atoms with Crippen molar-refractivity contribution in [1.82, 2.24) is 9.21 Å². The van der Waals surface area contributed by atoms with E-state index in [2.05, 4.69) is 0 Å². The Balaban J connectivity index is 1.70. The summed E-state index contributed by atoms with van der Waals surface area (Å²) in [6.07, 6.45) is -0.843. The van der Waals surface area contributed by atoms with Crippen LogP contribution in [-0.2, 0) is 25.9 Å². The van der Waals surface area contributed by atoms with Crippen molar-refractivity contribution in [3.8, 4) is 17.2 Å². The molecule has 11 heteroatoms. The van der Waals surface area contributed by atoms with E-state index in [1.54, 1.807) is 69.9 Å². The molecule has 0 saturated carbocycles. The molecule has 40 heavy (non-hydrogen) atoms. The Morgan fingerprint density at radius 1 is 1.12 bits per heavy atom. The van der Waals surface area contributed by atoms with E-state index in [-0.39, 0.29) is 36.4 Å². The molecule has 0 radical (unpaired) electrons. The molecule has 2 aliphatic heterocycles. The van der Waals surface area contributed by atoms with Crippen LogP contribution in [0, 0.1) is 5.92 Å². The summed E-state index contributed by atoms with van der Waals surface area (Å²) in [6.45, 7) is 13.1. The van der Waals surface area contributed by atoms with E-state index < -0.39 is 39.6 Å². The zero-order chi connectivity index (χ0) is 29.5. The van der Waals surface area contributed by atoms with Crippen molar-refractivity contribution in [1.29, 1.82) is 0 Å². The molecule has 2 aromatic rings. The Morgan fingerprint density at radius 3 is 2.40 bits per heavy atom. The topological polar surface area (TPSA) is 115 Å². The molecule has 4 rings (SSSR count). The third-order valence-corrected chi connectivity index (χ3v) is 8.51. The normalized spacial score (nSPS) is 20.4. The molecule has 1 N–H and O–H groups in total. The van der Waals surface area contributed by atoms with Gasteiger partial charge in [-0.3, -0.25) is 4.90 Å². The molecule has 2 heterocycles. The largest absolute Gasteiger partial charge is 0.508 e. The number of sulfonamides is 1. The molecule has 0 aliphatic carbocycles. The van der Waals surface area contributed by atoms with Gasteiger partial charge in [0.1, 0.15) is 17.1 Å². The number of aromatic hydroxyl groups is 1. The number of ether oxygens (including phenoxy) is 4. The van der Waals surface area contributed by atoms with Gasteiger partial charge in [0.15, 0.2) is 11.5 Å². The molecule has 10 nitrogen and oxygen atoms in total. The number of phenolic OH excluding ortho intramolecular Hbond substituents is 1. The second-order valence-corrected chi connectivity index (χ2v) is 14.1. The van der Waals surface area contributed by atoms with E-state index in [0.29, 0.717) is 17.9 Å². The van der Waals surface area contributed by atoms with Crippen LogP contribution in [0.3, 0.4) is 0 Å². The lowest BCUT2D eigenvalue weighted by molar-refractivity contribution is -0.0806. The summed E-state index contributed by atoms with van der Waals surface area (Å²) in [6, 6.07) is 10.8. The number of hydrogen-bond acceptors (Lipinski definition) is 8. The summed E-state index contributed by atoms with van der Waals surface area (Å²) in [7, 11) is -3.96. The van der Waals surface area contributed by atoms with Gasteiger partial charge >= 0.3 is 6.09 Å². The molecule has 1 saturated heterocycles. The highest BCUT2D eigenvalue weighted by molar-refractivity contribution is 7.89. The van der Waals surface area contributed by atoms with Gasteiger partial charge in [0, 0.05) is 19.2 Å². The van der Waals surface area contributed by atoms with Crippen LogP contribution in [0.5, 0.6) is 17.2 Å². The van der Waals surface area contributed by atoms with Crippen molar-refractivity contribution in [2.75, 3.05) is 19.9 Å². The van der Waals surface area contributed by atoms with Gasteiger partial charge in [-0.05, 0) is 76.8 Å². The van der Waals surface area contributed by atoms with Crippen LogP contribution in [0.4, 0.5) is 4.79 Å². The highest BCUT2D eigenvalue weighted by Crippen LogP contribution is 2.38. The monoisotopic (exact) mass is 576 g/mol. The molecular formula is C29H40N2O8S. The molecule has 0 aromatic heterocycles. The lowest BCUT2D eigenvalue weighted by Gasteiger charge is -2.35. The fourth-order valence-electron chi connectivity index (χ4n) is 5.06. The van der Waals surface area contributed by atoms with Crippen molar-refractivity contribution < 1.29 is 37.3 Å². The summed E-state index contributed by atoms with van der Waals surface area (Å²) in [4.78, 5) is 15.2. The van der Waals surface area contributed by atoms with Crippen LogP contribution < -0.4 is 9.47 Å². The highest BCUT2D eigenvalue weighted by Gasteiger charge is 2.52. The summed E-state index contributed by atoms with van der Waals surface area (Å²) in [5.41, 5.74) is -0.946. The Hall–Kier alpha value is -3.02. The Morgan fingerprint density at radius 2 is 1.77 bits per heavy atom. The van der Waals surface area contributed by atoms with Crippen molar-refractivity contribution >= 4 is 16.1 Å². The number of amides is 1. The van der Waals surface area contributed by atoms with E-state index in [4.69, 9.17) is 18.9 Å². The maximum Gasteiger partial charge on any atom is 0.412 e.